The monoisotopic (exact) mass is 293 g/mol. The van der Waals surface area contributed by atoms with Gasteiger partial charge in [-0.2, -0.15) is 0 Å². The van der Waals surface area contributed by atoms with Crippen LogP contribution in [0.3, 0.4) is 0 Å². The van der Waals surface area contributed by atoms with Crippen molar-refractivity contribution in [3.8, 4) is 0 Å². The summed E-state index contributed by atoms with van der Waals surface area (Å²) in [6.07, 6.45) is 0. The Morgan fingerprint density at radius 1 is 1.55 bits per heavy atom. The molecule has 8 heteroatoms. The van der Waals surface area contributed by atoms with E-state index in [2.05, 4.69) is 4.98 Å². The maximum Gasteiger partial charge on any atom is 0.342 e. The van der Waals surface area contributed by atoms with Crippen molar-refractivity contribution in [2.75, 3.05) is 11.9 Å². The lowest BCUT2D eigenvalue weighted by atomic mass is 10.1. The molecule has 104 valence electrons. The molecule has 0 aliphatic rings. The Kier molecular flexibility index (Phi) is 3.94. The summed E-state index contributed by atoms with van der Waals surface area (Å²) >= 11 is 1.47. The summed E-state index contributed by atoms with van der Waals surface area (Å²) < 4.78 is 0. The van der Waals surface area contributed by atoms with Crippen LogP contribution >= 0.6 is 11.3 Å². The lowest BCUT2D eigenvalue weighted by Crippen LogP contribution is -2.17. The van der Waals surface area contributed by atoms with Crippen molar-refractivity contribution >= 4 is 28.7 Å². The molecule has 0 atom stereocenters. The molecule has 1 aromatic carbocycles. The Morgan fingerprint density at radius 3 is 2.85 bits per heavy atom. The van der Waals surface area contributed by atoms with E-state index in [0.717, 1.165) is 5.69 Å². The van der Waals surface area contributed by atoms with E-state index in [-0.39, 0.29) is 5.56 Å². The molecular formula is C12H11N3O4S. The SMILES string of the molecule is CN(Cc1cscn1)c1ccc([N+](=O)[O-])c(C(=O)O)c1. The highest BCUT2D eigenvalue weighted by Gasteiger charge is 2.20. The van der Waals surface area contributed by atoms with E-state index in [0.29, 0.717) is 12.2 Å². The number of nitro groups is 1. The predicted molar refractivity (Wildman–Crippen MR) is 74.3 cm³/mol. The minimum Gasteiger partial charge on any atom is -0.477 e. The van der Waals surface area contributed by atoms with E-state index < -0.39 is 16.6 Å². The number of aromatic nitrogens is 1. The number of benzene rings is 1. The number of hydrogen-bond donors (Lipinski definition) is 1. The molecule has 1 N–H and O–H groups in total. The molecular weight excluding hydrogens is 282 g/mol. The van der Waals surface area contributed by atoms with E-state index in [4.69, 9.17) is 5.11 Å². The summed E-state index contributed by atoms with van der Waals surface area (Å²) in [7, 11) is 1.77. The highest BCUT2D eigenvalue weighted by molar-refractivity contribution is 7.07. The van der Waals surface area contributed by atoms with E-state index in [1.165, 1.54) is 29.5 Å². The molecule has 2 aromatic rings. The summed E-state index contributed by atoms with van der Waals surface area (Å²) in [6.45, 7) is 0.500. The molecule has 0 spiro atoms. The van der Waals surface area contributed by atoms with Gasteiger partial charge in [-0.1, -0.05) is 0 Å². The molecule has 0 fully saturated rings. The summed E-state index contributed by atoms with van der Waals surface area (Å²) in [5, 5.41) is 21.7. The van der Waals surface area contributed by atoms with Crippen LogP contribution < -0.4 is 4.90 Å². The number of hydrogen-bond acceptors (Lipinski definition) is 6. The molecule has 7 nitrogen and oxygen atoms in total. The topological polar surface area (TPSA) is 96.6 Å². The van der Waals surface area contributed by atoms with Gasteiger partial charge in [0.05, 0.1) is 22.7 Å². The van der Waals surface area contributed by atoms with Crippen LogP contribution in [0, 0.1) is 10.1 Å². The third-order valence-corrected chi connectivity index (χ3v) is 3.37. The summed E-state index contributed by atoms with van der Waals surface area (Å²) in [5.41, 5.74) is 2.41. The summed E-state index contributed by atoms with van der Waals surface area (Å²) in [4.78, 5) is 27.1. The number of nitro benzene ring substituents is 1. The Bertz CT molecular complexity index is 642. The Hall–Kier alpha value is -2.48. The highest BCUT2D eigenvalue weighted by atomic mass is 32.1. The van der Waals surface area contributed by atoms with Crippen molar-refractivity contribution in [1.29, 1.82) is 0 Å². The number of carboxylic acids is 1. The van der Waals surface area contributed by atoms with Crippen LogP contribution in [0.2, 0.25) is 0 Å². The van der Waals surface area contributed by atoms with Crippen molar-refractivity contribution in [2.45, 2.75) is 6.54 Å². The van der Waals surface area contributed by atoms with Crippen LogP contribution in [0.15, 0.2) is 29.1 Å². The fourth-order valence-corrected chi connectivity index (χ4v) is 2.29. The second-order valence-electron chi connectivity index (χ2n) is 4.10. The van der Waals surface area contributed by atoms with E-state index in [1.54, 1.807) is 17.5 Å². The first kappa shape index (κ1) is 13.9. The van der Waals surface area contributed by atoms with Gasteiger partial charge < -0.3 is 10.0 Å². The Labute approximate surface area is 118 Å². The average molecular weight is 293 g/mol. The van der Waals surface area contributed by atoms with Crippen LogP contribution in [-0.2, 0) is 6.54 Å². The number of carboxylic acid groups (broad SMARTS) is 1. The Morgan fingerprint density at radius 2 is 2.30 bits per heavy atom. The van der Waals surface area contributed by atoms with Gasteiger partial charge in [-0.25, -0.2) is 9.78 Å². The van der Waals surface area contributed by atoms with Gasteiger partial charge in [0.25, 0.3) is 5.69 Å². The second-order valence-corrected chi connectivity index (χ2v) is 4.82. The number of rotatable bonds is 5. The van der Waals surface area contributed by atoms with Gasteiger partial charge in [-0.15, -0.1) is 11.3 Å². The minimum absolute atomic E-state index is 0.322. The zero-order valence-electron chi connectivity index (χ0n) is 10.5. The van der Waals surface area contributed by atoms with E-state index in [1.807, 2.05) is 5.38 Å². The zero-order chi connectivity index (χ0) is 14.7. The van der Waals surface area contributed by atoms with Gasteiger partial charge in [0.15, 0.2) is 0 Å². The van der Waals surface area contributed by atoms with E-state index >= 15 is 0 Å². The minimum atomic E-state index is -1.32. The maximum absolute atomic E-state index is 11.1. The molecule has 0 aliphatic carbocycles. The second kappa shape index (κ2) is 5.66. The molecule has 0 unspecified atom stereocenters. The normalized spacial score (nSPS) is 10.2. The molecule has 2 rings (SSSR count). The molecule has 0 aliphatic heterocycles. The van der Waals surface area contributed by atoms with Crippen LogP contribution in [0.1, 0.15) is 16.1 Å². The van der Waals surface area contributed by atoms with Crippen molar-refractivity contribution in [3.05, 3.63) is 50.5 Å². The lowest BCUT2D eigenvalue weighted by Gasteiger charge is -2.18. The average Bonchev–Trinajstić information content (AvgIpc) is 2.90. The highest BCUT2D eigenvalue weighted by Crippen LogP contribution is 2.25. The molecule has 1 heterocycles. The summed E-state index contributed by atoms with van der Waals surface area (Å²) in [5.74, 6) is -1.32. The number of aromatic carboxylic acids is 1. The number of anilines is 1. The number of carbonyl (C=O) groups is 1. The first-order valence-corrected chi connectivity index (χ1v) is 6.53. The maximum atomic E-state index is 11.1. The first-order valence-electron chi connectivity index (χ1n) is 5.59. The lowest BCUT2D eigenvalue weighted by molar-refractivity contribution is -0.385. The summed E-state index contributed by atoms with van der Waals surface area (Å²) in [6, 6.07) is 4.03. The van der Waals surface area contributed by atoms with Crippen LogP contribution in [0.5, 0.6) is 0 Å². The third-order valence-electron chi connectivity index (χ3n) is 2.73. The predicted octanol–water partition coefficient (Wildman–Crippen LogP) is 2.39. The van der Waals surface area contributed by atoms with E-state index in [9.17, 15) is 14.9 Å². The molecule has 20 heavy (non-hydrogen) atoms. The van der Waals surface area contributed by atoms with Crippen molar-refractivity contribution in [2.24, 2.45) is 0 Å². The third kappa shape index (κ3) is 2.91. The molecule has 0 amide bonds. The first-order chi connectivity index (χ1) is 9.49. The van der Waals surface area contributed by atoms with Crippen molar-refractivity contribution in [1.82, 2.24) is 4.98 Å². The van der Waals surface area contributed by atoms with Gasteiger partial charge in [0.1, 0.15) is 5.56 Å². The van der Waals surface area contributed by atoms with Crippen molar-refractivity contribution < 1.29 is 14.8 Å². The Balaban J connectivity index is 2.31. The van der Waals surface area contributed by atoms with Crippen LogP contribution in [0.25, 0.3) is 0 Å². The molecule has 0 bridgehead atoms. The van der Waals surface area contributed by atoms with Crippen LogP contribution in [0.4, 0.5) is 11.4 Å². The van der Waals surface area contributed by atoms with Gasteiger partial charge in [0, 0.05) is 24.2 Å². The molecule has 0 radical (unpaired) electrons. The number of thiazole rings is 1. The quantitative estimate of drug-likeness (QED) is 0.671. The molecule has 0 saturated heterocycles. The molecule has 1 aromatic heterocycles. The smallest absolute Gasteiger partial charge is 0.342 e. The van der Waals surface area contributed by atoms with Gasteiger partial charge in [-0.05, 0) is 12.1 Å². The van der Waals surface area contributed by atoms with Gasteiger partial charge in [0.2, 0.25) is 0 Å². The van der Waals surface area contributed by atoms with Gasteiger partial charge >= 0.3 is 5.97 Å². The fraction of sp³-hybridized carbons (Fsp3) is 0.167. The fourth-order valence-electron chi connectivity index (χ4n) is 1.74. The molecule has 0 saturated carbocycles. The zero-order valence-corrected chi connectivity index (χ0v) is 11.3. The van der Waals surface area contributed by atoms with Crippen LogP contribution in [-0.4, -0.2) is 28.0 Å². The van der Waals surface area contributed by atoms with Gasteiger partial charge in [-0.3, -0.25) is 10.1 Å². The number of nitrogens with zero attached hydrogens (tertiary/aromatic N) is 3. The van der Waals surface area contributed by atoms with Crippen molar-refractivity contribution in [3.63, 3.8) is 0 Å². The standard InChI is InChI=1S/C12H11N3O4S/c1-14(5-8-6-20-7-13-8)9-2-3-11(15(18)19)10(4-9)12(16)17/h2-4,6-7H,5H2,1H3,(H,16,17). The largest absolute Gasteiger partial charge is 0.477 e.